The first-order valence-electron chi connectivity index (χ1n) is 3.43. The van der Waals surface area contributed by atoms with Gasteiger partial charge in [0.25, 0.3) is 5.92 Å². The van der Waals surface area contributed by atoms with Gasteiger partial charge < -0.3 is 5.73 Å². The van der Waals surface area contributed by atoms with Crippen LogP contribution in [-0.2, 0) is 12.5 Å². The van der Waals surface area contributed by atoms with Crippen LogP contribution in [0.15, 0.2) is 12.5 Å². The van der Waals surface area contributed by atoms with Crippen molar-refractivity contribution >= 4 is 0 Å². The number of nitrogens with two attached hydrogens (primary N) is 1. The van der Waals surface area contributed by atoms with Crippen LogP contribution in [-0.4, -0.2) is 9.97 Å². The standard InChI is InChI=1S/C7H9F2N3/c1-7(8,9)6-5(2-10)3-11-4-12-6/h3-4H,2,10H2,1H3. The van der Waals surface area contributed by atoms with Gasteiger partial charge in [-0.1, -0.05) is 0 Å². The van der Waals surface area contributed by atoms with Gasteiger partial charge in [-0.25, -0.2) is 9.97 Å². The first-order valence-corrected chi connectivity index (χ1v) is 3.43. The molecule has 12 heavy (non-hydrogen) atoms. The normalized spacial score (nSPS) is 11.7. The van der Waals surface area contributed by atoms with Gasteiger partial charge in [-0.05, 0) is 0 Å². The van der Waals surface area contributed by atoms with E-state index in [0.29, 0.717) is 0 Å². The second kappa shape index (κ2) is 3.10. The summed E-state index contributed by atoms with van der Waals surface area (Å²) in [6, 6.07) is 0. The van der Waals surface area contributed by atoms with Gasteiger partial charge in [-0.2, -0.15) is 8.78 Å². The van der Waals surface area contributed by atoms with Gasteiger partial charge in [-0.3, -0.25) is 0 Å². The summed E-state index contributed by atoms with van der Waals surface area (Å²) >= 11 is 0. The number of hydrogen-bond acceptors (Lipinski definition) is 3. The summed E-state index contributed by atoms with van der Waals surface area (Å²) in [5.74, 6) is -2.95. The minimum absolute atomic E-state index is 0.0274. The molecule has 0 aromatic carbocycles. The molecule has 66 valence electrons. The van der Waals surface area contributed by atoms with Gasteiger partial charge in [0, 0.05) is 25.2 Å². The molecule has 1 heterocycles. The highest BCUT2D eigenvalue weighted by Gasteiger charge is 2.28. The molecule has 0 aliphatic carbocycles. The molecule has 0 saturated heterocycles. The average Bonchev–Trinajstić information content (AvgIpc) is 2.03. The Morgan fingerprint density at radius 3 is 2.67 bits per heavy atom. The second-order valence-electron chi connectivity index (χ2n) is 2.49. The van der Waals surface area contributed by atoms with Gasteiger partial charge >= 0.3 is 0 Å². The first-order chi connectivity index (χ1) is 5.55. The number of hydrogen-bond donors (Lipinski definition) is 1. The second-order valence-corrected chi connectivity index (χ2v) is 2.49. The van der Waals surface area contributed by atoms with E-state index in [4.69, 9.17) is 5.73 Å². The lowest BCUT2D eigenvalue weighted by Crippen LogP contribution is -2.15. The van der Waals surface area contributed by atoms with Crippen LogP contribution in [0.25, 0.3) is 0 Å². The van der Waals surface area contributed by atoms with Crippen LogP contribution in [0.2, 0.25) is 0 Å². The molecule has 0 radical (unpaired) electrons. The zero-order chi connectivity index (χ0) is 9.19. The molecule has 3 nitrogen and oxygen atoms in total. The Labute approximate surface area is 68.6 Å². The van der Waals surface area contributed by atoms with Gasteiger partial charge in [0.1, 0.15) is 12.0 Å². The minimum atomic E-state index is -2.95. The van der Waals surface area contributed by atoms with Crippen LogP contribution >= 0.6 is 0 Å². The lowest BCUT2D eigenvalue weighted by Gasteiger charge is -2.11. The van der Waals surface area contributed by atoms with E-state index < -0.39 is 5.92 Å². The summed E-state index contributed by atoms with van der Waals surface area (Å²) in [5, 5.41) is 0. The van der Waals surface area contributed by atoms with Crippen LogP contribution in [0.5, 0.6) is 0 Å². The van der Waals surface area contributed by atoms with Crippen molar-refractivity contribution in [3.8, 4) is 0 Å². The molecule has 1 aromatic heterocycles. The van der Waals surface area contributed by atoms with E-state index in [1.165, 1.54) is 6.20 Å². The quantitative estimate of drug-likeness (QED) is 0.727. The lowest BCUT2D eigenvalue weighted by molar-refractivity contribution is 0.0116. The highest BCUT2D eigenvalue weighted by Crippen LogP contribution is 2.26. The molecule has 5 heteroatoms. The number of nitrogens with zero attached hydrogens (tertiary/aromatic N) is 2. The number of halogens is 2. The van der Waals surface area contributed by atoms with Crippen LogP contribution in [0.3, 0.4) is 0 Å². The van der Waals surface area contributed by atoms with E-state index in [1.807, 2.05) is 0 Å². The third-order valence-corrected chi connectivity index (χ3v) is 1.42. The monoisotopic (exact) mass is 173 g/mol. The maximum atomic E-state index is 12.8. The Balaban J connectivity index is 3.14. The molecular weight excluding hydrogens is 164 g/mol. The Morgan fingerprint density at radius 2 is 2.25 bits per heavy atom. The van der Waals surface area contributed by atoms with Crippen molar-refractivity contribution in [2.45, 2.75) is 19.4 Å². The molecule has 0 aliphatic heterocycles. The molecule has 0 atom stereocenters. The van der Waals surface area contributed by atoms with Crippen molar-refractivity contribution < 1.29 is 8.78 Å². The van der Waals surface area contributed by atoms with Crippen molar-refractivity contribution in [1.82, 2.24) is 9.97 Å². The van der Waals surface area contributed by atoms with E-state index in [1.54, 1.807) is 0 Å². The van der Waals surface area contributed by atoms with E-state index in [9.17, 15) is 8.78 Å². The predicted molar refractivity (Wildman–Crippen MR) is 39.5 cm³/mol. The molecular formula is C7H9F2N3. The molecule has 0 saturated carbocycles. The van der Waals surface area contributed by atoms with Gasteiger partial charge in [0.05, 0.1) is 0 Å². The summed E-state index contributed by atoms with van der Waals surface area (Å²) in [7, 11) is 0. The summed E-state index contributed by atoms with van der Waals surface area (Å²) < 4.78 is 25.5. The maximum absolute atomic E-state index is 12.8. The zero-order valence-electron chi connectivity index (χ0n) is 6.59. The SMILES string of the molecule is CC(F)(F)c1ncncc1CN. The maximum Gasteiger partial charge on any atom is 0.287 e. The lowest BCUT2D eigenvalue weighted by atomic mass is 10.1. The average molecular weight is 173 g/mol. The van der Waals surface area contributed by atoms with Crippen LogP contribution in [0, 0.1) is 0 Å². The van der Waals surface area contributed by atoms with Gasteiger partial charge in [0.2, 0.25) is 0 Å². The molecule has 0 aliphatic rings. The van der Waals surface area contributed by atoms with Crippen molar-refractivity contribution in [2.75, 3.05) is 0 Å². The molecule has 1 aromatic rings. The van der Waals surface area contributed by atoms with Gasteiger partial charge in [-0.15, -0.1) is 0 Å². The molecule has 1 rings (SSSR count). The van der Waals surface area contributed by atoms with E-state index in [2.05, 4.69) is 9.97 Å². The highest BCUT2D eigenvalue weighted by atomic mass is 19.3. The largest absolute Gasteiger partial charge is 0.326 e. The van der Waals surface area contributed by atoms with E-state index in [0.717, 1.165) is 13.3 Å². The smallest absolute Gasteiger partial charge is 0.287 e. The first kappa shape index (κ1) is 8.99. The topological polar surface area (TPSA) is 51.8 Å². The molecule has 0 fully saturated rings. The van der Waals surface area contributed by atoms with Crippen molar-refractivity contribution in [2.24, 2.45) is 5.73 Å². The molecule has 2 N–H and O–H groups in total. The minimum Gasteiger partial charge on any atom is -0.326 e. The van der Waals surface area contributed by atoms with E-state index >= 15 is 0 Å². The van der Waals surface area contributed by atoms with Crippen molar-refractivity contribution in [3.05, 3.63) is 23.8 Å². The third kappa shape index (κ3) is 1.73. The Kier molecular flexibility index (Phi) is 2.32. The fourth-order valence-corrected chi connectivity index (χ4v) is 0.903. The van der Waals surface area contributed by atoms with Crippen LogP contribution in [0.4, 0.5) is 8.78 Å². The fourth-order valence-electron chi connectivity index (χ4n) is 0.903. The van der Waals surface area contributed by atoms with Crippen molar-refractivity contribution in [1.29, 1.82) is 0 Å². The zero-order valence-corrected chi connectivity index (χ0v) is 6.59. The Morgan fingerprint density at radius 1 is 1.58 bits per heavy atom. The molecule has 0 spiro atoms. The van der Waals surface area contributed by atoms with Gasteiger partial charge in [0.15, 0.2) is 0 Å². The molecule has 0 unspecified atom stereocenters. The Hall–Kier alpha value is -1.10. The highest BCUT2D eigenvalue weighted by molar-refractivity contribution is 5.19. The molecule has 0 amide bonds. The Bertz CT molecular complexity index is 270. The van der Waals surface area contributed by atoms with Crippen LogP contribution in [0.1, 0.15) is 18.2 Å². The summed E-state index contributed by atoms with van der Waals surface area (Å²) in [6.07, 6.45) is 2.39. The number of aromatic nitrogens is 2. The predicted octanol–water partition coefficient (Wildman–Crippen LogP) is 1.05. The number of rotatable bonds is 2. The fraction of sp³-hybridized carbons (Fsp3) is 0.429. The van der Waals surface area contributed by atoms with Crippen LogP contribution < -0.4 is 5.73 Å². The van der Waals surface area contributed by atoms with Crippen molar-refractivity contribution in [3.63, 3.8) is 0 Å². The summed E-state index contributed by atoms with van der Waals surface area (Å²) in [5.41, 5.74) is 5.22. The number of alkyl halides is 2. The van der Waals surface area contributed by atoms with E-state index in [-0.39, 0.29) is 17.8 Å². The molecule has 0 bridgehead atoms. The summed E-state index contributed by atoms with van der Waals surface area (Å²) in [4.78, 5) is 7.08. The summed E-state index contributed by atoms with van der Waals surface area (Å²) in [6.45, 7) is 0.814. The third-order valence-electron chi connectivity index (χ3n) is 1.42.